The first-order valence-electron chi connectivity index (χ1n) is 9.63. The number of aliphatic carboxylic acids is 1. The highest BCUT2D eigenvalue weighted by Gasteiger charge is 2.46. The second kappa shape index (κ2) is 9.31. The van der Waals surface area contributed by atoms with Gasteiger partial charge in [0.2, 0.25) is 5.67 Å². The van der Waals surface area contributed by atoms with Crippen LogP contribution in [0, 0.1) is 5.82 Å². The molecule has 2 aromatic carbocycles. The van der Waals surface area contributed by atoms with Gasteiger partial charge in [0, 0.05) is 0 Å². The van der Waals surface area contributed by atoms with Crippen molar-refractivity contribution in [1.29, 1.82) is 0 Å². The first kappa shape index (κ1) is 23.8. The first-order valence-corrected chi connectivity index (χ1v) is 9.63. The van der Waals surface area contributed by atoms with E-state index in [0.29, 0.717) is 5.56 Å². The van der Waals surface area contributed by atoms with Gasteiger partial charge in [-0.1, -0.05) is 30.4 Å². The summed E-state index contributed by atoms with van der Waals surface area (Å²) in [6, 6.07) is 6.75. The normalized spacial score (nSPS) is 20.6. The van der Waals surface area contributed by atoms with Gasteiger partial charge in [-0.15, -0.1) is 0 Å². The minimum Gasteiger partial charge on any atom is -0.479 e. The number of nitrogens with one attached hydrogen (secondary N) is 1. The molecule has 0 spiro atoms. The second-order valence-corrected chi connectivity index (χ2v) is 7.30. The van der Waals surface area contributed by atoms with Crippen LogP contribution in [-0.4, -0.2) is 56.6 Å². The van der Waals surface area contributed by atoms with Gasteiger partial charge in [-0.25, -0.2) is 18.4 Å². The molecule has 0 fully saturated rings. The Balaban J connectivity index is 1.99. The molecule has 1 aliphatic carbocycles. The number of aliphatic hydroxyl groups is 2. The van der Waals surface area contributed by atoms with Crippen LogP contribution in [-0.2, 0) is 4.79 Å². The van der Waals surface area contributed by atoms with E-state index in [1.54, 1.807) is 0 Å². The summed E-state index contributed by atoms with van der Waals surface area (Å²) in [4.78, 5) is 36.1. The van der Waals surface area contributed by atoms with Crippen molar-refractivity contribution in [3.63, 3.8) is 0 Å². The van der Waals surface area contributed by atoms with Crippen LogP contribution in [0.1, 0.15) is 37.9 Å². The van der Waals surface area contributed by atoms with Crippen molar-refractivity contribution < 1.29 is 43.6 Å². The van der Waals surface area contributed by atoms with Crippen molar-refractivity contribution in [3.8, 4) is 0 Å². The number of allylic oxidation sites excluding steroid dienone is 2. The van der Waals surface area contributed by atoms with Crippen LogP contribution in [0.5, 0.6) is 0 Å². The van der Waals surface area contributed by atoms with Crippen molar-refractivity contribution in [1.82, 2.24) is 5.32 Å². The van der Waals surface area contributed by atoms with E-state index in [1.807, 2.05) is 0 Å². The quantitative estimate of drug-likeness (QED) is 0.426. The third kappa shape index (κ3) is 4.81. The van der Waals surface area contributed by atoms with Crippen molar-refractivity contribution in [2.75, 3.05) is 6.61 Å². The van der Waals surface area contributed by atoms with Crippen LogP contribution in [0.15, 0.2) is 60.7 Å². The number of carboxylic acids is 2. The highest BCUT2D eigenvalue weighted by atomic mass is 19.1. The Bertz CT molecular complexity index is 1180. The summed E-state index contributed by atoms with van der Waals surface area (Å²) in [5.41, 5.74) is -3.42. The van der Waals surface area contributed by atoms with E-state index in [9.17, 15) is 34.1 Å². The molecule has 1 amide bonds. The Hall–Kier alpha value is -3.89. The molecule has 172 valence electrons. The van der Waals surface area contributed by atoms with Crippen molar-refractivity contribution >= 4 is 23.4 Å². The summed E-state index contributed by atoms with van der Waals surface area (Å²) in [6.45, 7) is -0.685. The predicted molar refractivity (Wildman–Crippen MR) is 112 cm³/mol. The Kier molecular flexibility index (Phi) is 6.70. The van der Waals surface area contributed by atoms with Gasteiger partial charge in [0.15, 0.2) is 0 Å². The Morgan fingerprint density at radius 2 is 1.82 bits per heavy atom. The van der Waals surface area contributed by atoms with Crippen LogP contribution < -0.4 is 5.32 Å². The average Bonchev–Trinajstić information content (AvgIpc) is 2.79. The van der Waals surface area contributed by atoms with E-state index in [4.69, 9.17) is 5.11 Å². The van der Waals surface area contributed by atoms with Crippen LogP contribution in [0.4, 0.5) is 8.78 Å². The summed E-state index contributed by atoms with van der Waals surface area (Å²) in [5, 5.41) is 39.8. The van der Waals surface area contributed by atoms with E-state index in [0.717, 1.165) is 36.4 Å². The number of aliphatic hydroxyl groups excluding tert-OH is 2. The number of hydrogen-bond acceptors (Lipinski definition) is 5. The average molecular weight is 459 g/mol. The SMILES string of the molecule is O=C(O)c1cc(C(O)CO)ccc1C(=O)NC1C=C(c2cccc(F)c2)C=CC1(F)C(=O)O. The molecule has 5 N–H and O–H groups in total. The lowest BCUT2D eigenvalue weighted by Gasteiger charge is -2.30. The number of carbonyl (C=O) groups is 3. The predicted octanol–water partition coefficient (Wildman–Crippen LogP) is 2.09. The smallest absolute Gasteiger partial charge is 0.348 e. The van der Waals surface area contributed by atoms with Gasteiger partial charge in [-0.05, 0) is 47.0 Å². The third-order valence-corrected chi connectivity index (χ3v) is 5.15. The van der Waals surface area contributed by atoms with E-state index in [2.05, 4.69) is 5.32 Å². The van der Waals surface area contributed by atoms with Gasteiger partial charge in [0.25, 0.3) is 5.91 Å². The molecule has 0 saturated carbocycles. The standard InChI is InChI=1S/C23H19F2NO7/c24-15-3-1-2-12(8-15)13-6-7-23(25,22(32)33)19(10-13)26-20(29)16-5-4-14(18(28)11-27)9-17(16)21(30)31/h1-10,18-19,27-28H,11H2,(H,26,29)(H,30,31)(H,32,33). The number of amides is 1. The molecular weight excluding hydrogens is 440 g/mol. The molecule has 0 aromatic heterocycles. The zero-order valence-electron chi connectivity index (χ0n) is 16.9. The van der Waals surface area contributed by atoms with Crippen LogP contribution in [0.2, 0.25) is 0 Å². The fourth-order valence-electron chi connectivity index (χ4n) is 3.35. The van der Waals surface area contributed by atoms with Crippen LogP contribution >= 0.6 is 0 Å². The molecule has 0 heterocycles. The number of halogens is 2. The van der Waals surface area contributed by atoms with Gasteiger partial charge in [-0.3, -0.25) is 4.79 Å². The number of alkyl halides is 1. The Labute approximate surface area is 186 Å². The van der Waals surface area contributed by atoms with Crippen molar-refractivity contribution in [2.45, 2.75) is 17.8 Å². The fraction of sp³-hybridized carbons (Fsp3) is 0.174. The van der Waals surface area contributed by atoms with Crippen molar-refractivity contribution in [2.24, 2.45) is 0 Å². The summed E-state index contributed by atoms with van der Waals surface area (Å²) < 4.78 is 28.9. The van der Waals surface area contributed by atoms with Gasteiger partial charge in [-0.2, -0.15) is 0 Å². The lowest BCUT2D eigenvalue weighted by atomic mass is 9.86. The van der Waals surface area contributed by atoms with E-state index in [1.165, 1.54) is 24.3 Å². The van der Waals surface area contributed by atoms with Crippen LogP contribution in [0.3, 0.4) is 0 Å². The summed E-state index contributed by atoms with van der Waals surface area (Å²) >= 11 is 0. The molecule has 0 bridgehead atoms. The zero-order valence-corrected chi connectivity index (χ0v) is 16.9. The highest BCUT2D eigenvalue weighted by molar-refractivity contribution is 6.05. The molecule has 3 unspecified atom stereocenters. The Morgan fingerprint density at radius 3 is 2.42 bits per heavy atom. The Morgan fingerprint density at radius 1 is 1.09 bits per heavy atom. The number of benzene rings is 2. The van der Waals surface area contributed by atoms with Gasteiger partial charge in [0.05, 0.1) is 23.8 Å². The summed E-state index contributed by atoms with van der Waals surface area (Å²) in [5.74, 6) is -5.08. The fourth-order valence-corrected chi connectivity index (χ4v) is 3.35. The largest absolute Gasteiger partial charge is 0.479 e. The minimum atomic E-state index is -3.05. The highest BCUT2D eigenvalue weighted by Crippen LogP contribution is 2.31. The molecule has 8 nitrogen and oxygen atoms in total. The van der Waals surface area contributed by atoms with Crippen LogP contribution in [0.25, 0.3) is 5.57 Å². The van der Waals surface area contributed by atoms with Gasteiger partial charge >= 0.3 is 11.9 Å². The minimum absolute atomic E-state index is 0.0331. The maximum absolute atomic E-state index is 15.3. The monoisotopic (exact) mass is 459 g/mol. The molecule has 2 aromatic rings. The molecule has 3 atom stereocenters. The van der Waals surface area contributed by atoms with Gasteiger partial charge in [0.1, 0.15) is 11.9 Å². The molecule has 3 rings (SSSR count). The lowest BCUT2D eigenvalue weighted by Crippen LogP contribution is -2.53. The number of aromatic carboxylic acids is 1. The maximum atomic E-state index is 15.3. The summed E-state index contributed by atoms with van der Waals surface area (Å²) in [7, 11) is 0. The number of rotatable bonds is 7. The van der Waals surface area contributed by atoms with E-state index in [-0.39, 0.29) is 11.1 Å². The second-order valence-electron chi connectivity index (χ2n) is 7.30. The number of carboxylic acid groups (broad SMARTS) is 2. The topological polar surface area (TPSA) is 144 Å². The van der Waals surface area contributed by atoms with Crippen molar-refractivity contribution in [3.05, 3.63) is 88.8 Å². The maximum Gasteiger partial charge on any atom is 0.348 e. The molecule has 33 heavy (non-hydrogen) atoms. The number of hydrogen-bond donors (Lipinski definition) is 5. The first-order chi connectivity index (χ1) is 15.6. The molecule has 1 aliphatic rings. The summed E-state index contributed by atoms with van der Waals surface area (Å²) in [6.07, 6.45) is 1.59. The zero-order chi connectivity index (χ0) is 24.3. The van der Waals surface area contributed by atoms with E-state index >= 15 is 4.39 Å². The van der Waals surface area contributed by atoms with Gasteiger partial charge < -0.3 is 25.7 Å². The van der Waals surface area contributed by atoms with E-state index < -0.39 is 59.2 Å². The lowest BCUT2D eigenvalue weighted by molar-refractivity contribution is -0.148. The molecular formula is C23H19F2NO7. The molecule has 0 aliphatic heterocycles. The molecule has 10 heteroatoms. The number of carbonyl (C=O) groups excluding carboxylic acids is 1. The molecule has 0 radical (unpaired) electrons. The third-order valence-electron chi connectivity index (χ3n) is 5.15. The molecule has 0 saturated heterocycles.